The quantitative estimate of drug-likeness (QED) is 0.694. The van der Waals surface area contributed by atoms with Crippen LogP contribution in [0, 0.1) is 0 Å². The predicted octanol–water partition coefficient (Wildman–Crippen LogP) is 4.49. The molecule has 5 nitrogen and oxygen atoms in total. The third-order valence-corrected chi connectivity index (χ3v) is 5.29. The van der Waals surface area contributed by atoms with E-state index in [0.717, 1.165) is 12.1 Å². The first kappa shape index (κ1) is 21.6. The number of nitrogens with one attached hydrogen (secondary N) is 2. The summed E-state index contributed by atoms with van der Waals surface area (Å²) in [6, 6.07) is 10.9. The average Bonchev–Trinajstić information content (AvgIpc) is 2.71. The summed E-state index contributed by atoms with van der Waals surface area (Å²) in [4.78, 5) is 14.8. The van der Waals surface area contributed by atoms with Crippen molar-refractivity contribution in [2.45, 2.75) is 19.1 Å². The molecule has 0 aromatic heterocycles. The van der Waals surface area contributed by atoms with Gasteiger partial charge in [0.2, 0.25) is 0 Å². The van der Waals surface area contributed by atoms with Crippen molar-refractivity contribution in [3.8, 4) is 5.75 Å². The van der Waals surface area contributed by atoms with Gasteiger partial charge in [0.05, 0.1) is 30.0 Å². The van der Waals surface area contributed by atoms with Crippen molar-refractivity contribution in [3.63, 3.8) is 0 Å². The summed E-state index contributed by atoms with van der Waals surface area (Å²) in [5.41, 5.74) is 0.729. The Morgan fingerprint density at radius 3 is 2.57 bits per heavy atom. The number of benzene rings is 2. The predicted molar refractivity (Wildman–Crippen MR) is 112 cm³/mol. The monoisotopic (exact) mass is 435 g/mol. The summed E-state index contributed by atoms with van der Waals surface area (Å²) >= 11 is 5.30. The number of halogens is 3. The molecule has 1 aliphatic heterocycles. The minimum Gasteiger partial charge on any atom is -0.495 e. The van der Waals surface area contributed by atoms with Crippen LogP contribution in [-0.2, 0) is 11.0 Å². The fourth-order valence-corrected chi connectivity index (χ4v) is 3.47. The van der Waals surface area contributed by atoms with Crippen LogP contribution < -0.4 is 15.4 Å². The zero-order valence-corrected chi connectivity index (χ0v) is 17.3. The Hall–Kier alpha value is -3.07. The number of hydrogen-bond acceptors (Lipinski definition) is 3. The molecule has 0 bridgehead atoms. The van der Waals surface area contributed by atoms with Crippen LogP contribution in [0.2, 0.25) is 0 Å². The van der Waals surface area contributed by atoms with Crippen molar-refractivity contribution < 1.29 is 22.7 Å². The van der Waals surface area contributed by atoms with Gasteiger partial charge in [-0.15, -0.1) is 0 Å². The van der Waals surface area contributed by atoms with E-state index in [1.165, 1.54) is 19.2 Å². The second kappa shape index (κ2) is 8.35. The van der Waals surface area contributed by atoms with Crippen molar-refractivity contribution in [1.82, 2.24) is 10.2 Å². The first-order valence-corrected chi connectivity index (χ1v) is 9.40. The number of alkyl halides is 3. The molecule has 0 saturated heterocycles. The Morgan fingerprint density at radius 1 is 1.20 bits per heavy atom. The summed E-state index contributed by atoms with van der Waals surface area (Å²) in [7, 11) is 3.17. The zero-order valence-electron chi connectivity index (χ0n) is 16.5. The van der Waals surface area contributed by atoms with Gasteiger partial charge in [0, 0.05) is 12.7 Å². The second-order valence-corrected chi connectivity index (χ2v) is 7.10. The van der Waals surface area contributed by atoms with E-state index in [0.29, 0.717) is 22.2 Å². The van der Waals surface area contributed by atoms with E-state index >= 15 is 0 Å². The highest BCUT2D eigenvalue weighted by Crippen LogP contribution is 2.35. The molecule has 9 heteroatoms. The molecule has 1 heterocycles. The number of hydrogen-bond donors (Lipinski definition) is 2. The fourth-order valence-electron chi connectivity index (χ4n) is 3.21. The summed E-state index contributed by atoms with van der Waals surface area (Å²) in [6.45, 7) is 1.70. The highest BCUT2D eigenvalue weighted by atomic mass is 32.1. The van der Waals surface area contributed by atoms with Gasteiger partial charge in [-0.25, -0.2) is 0 Å². The van der Waals surface area contributed by atoms with Crippen molar-refractivity contribution in [1.29, 1.82) is 0 Å². The first-order valence-electron chi connectivity index (χ1n) is 9.00. The van der Waals surface area contributed by atoms with Gasteiger partial charge in [0.25, 0.3) is 5.91 Å². The summed E-state index contributed by atoms with van der Waals surface area (Å²) in [6.07, 6.45) is -4.50. The summed E-state index contributed by atoms with van der Waals surface area (Å²) < 4.78 is 44.9. The van der Waals surface area contributed by atoms with Crippen LogP contribution in [0.3, 0.4) is 0 Å². The maximum atomic E-state index is 13.2. The Bertz CT molecular complexity index is 1020. The number of carbonyl (C=O) groups is 1. The van der Waals surface area contributed by atoms with Gasteiger partial charge >= 0.3 is 6.18 Å². The summed E-state index contributed by atoms with van der Waals surface area (Å²) in [5.74, 6) is -0.00590. The number of amides is 1. The van der Waals surface area contributed by atoms with Crippen LogP contribution in [-0.4, -0.2) is 30.1 Å². The van der Waals surface area contributed by atoms with Crippen molar-refractivity contribution in [3.05, 3.63) is 70.9 Å². The molecule has 0 radical (unpaired) electrons. The van der Waals surface area contributed by atoms with Crippen LogP contribution in [0.1, 0.15) is 24.1 Å². The van der Waals surface area contributed by atoms with Crippen LogP contribution >= 0.6 is 12.2 Å². The molecule has 30 heavy (non-hydrogen) atoms. The van der Waals surface area contributed by atoms with Gasteiger partial charge in [0.15, 0.2) is 5.11 Å². The molecular formula is C21H20F3N3O2S. The minimum atomic E-state index is -4.50. The third kappa shape index (κ3) is 4.25. The number of para-hydroxylation sites is 2. The van der Waals surface area contributed by atoms with Crippen molar-refractivity contribution in [2.75, 3.05) is 19.5 Å². The topological polar surface area (TPSA) is 53.6 Å². The molecule has 158 valence electrons. The Balaban J connectivity index is 2.04. The molecule has 3 rings (SSSR count). The van der Waals surface area contributed by atoms with Crippen LogP contribution in [0.15, 0.2) is 59.8 Å². The lowest BCUT2D eigenvalue weighted by Crippen LogP contribution is -2.46. The van der Waals surface area contributed by atoms with Gasteiger partial charge in [-0.1, -0.05) is 24.3 Å². The number of nitrogens with zero attached hydrogens (tertiary/aromatic N) is 1. The van der Waals surface area contributed by atoms with E-state index in [-0.39, 0.29) is 11.1 Å². The molecule has 0 aliphatic carbocycles. The van der Waals surface area contributed by atoms with Gasteiger partial charge in [-0.05, 0) is 49.0 Å². The number of rotatable bonds is 4. The van der Waals surface area contributed by atoms with E-state index in [9.17, 15) is 18.0 Å². The lowest BCUT2D eigenvalue weighted by atomic mass is 9.93. The molecule has 1 atom stereocenters. The smallest absolute Gasteiger partial charge is 0.416 e. The largest absolute Gasteiger partial charge is 0.495 e. The van der Waals surface area contributed by atoms with Crippen LogP contribution in [0.25, 0.3) is 0 Å². The molecule has 0 saturated carbocycles. The van der Waals surface area contributed by atoms with Crippen LogP contribution in [0.4, 0.5) is 18.9 Å². The number of carbonyl (C=O) groups excluding carboxylic acids is 1. The third-order valence-electron chi connectivity index (χ3n) is 4.90. The number of ether oxygens (including phenoxy) is 1. The van der Waals surface area contributed by atoms with Crippen molar-refractivity contribution in [2.24, 2.45) is 0 Å². The first-order chi connectivity index (χ1) is 14.1. The maximum Gasteiger partial charge on any atom is 0.416 e. The molecule has 0 spiro atoms. The number of allylic oxidation sites excluding steroid dienone is 1. The number of thiocarbonyl (C=S) groups is 1. The lowest BCUT2D eigenvalue weighted by Gasteiger charge is -2.36. The van der Waals surface area contributed by atoms with Crippen molar-refractivity contribution >= 4 is 28.9 Å². The Labute approximate surface area is 177 Å². The second-order valence-electron chi connectivity index (χ2n) is 6.72. The van der Waals surface area contributed by atoms with Gasteiger partial charge in [0.1, 0.15) is 5.75 Å². The van der Waals surface area contributed by atoms with E-state index in [4.69, 9.17) is 17.0 Å². The molecule has 0 fully saturated rings. The Morgan fingerprint density at radius 2 is 1.90 bits per heavy atom. The van der Waals surface area contributed by atoms with Gasteiger partial charge in [-0.3, -0.25) is 4.79 Å². The normalized spacial score (nSPS) is 16.9. The lowest BCUT2D eigenvalue weighted by molar-refractivity contribution is -0.137. The fraction of sp³-hybridized carbons (Fsp3) is 0.238. The molecule has 2 aromatic carbocycles. The van der Waals surface area contributed by atoms with Gasteiger partial charge < -0.3 is 20.3 Å². The van der Waals surface area contributed by atoms with E-state index < -0.39 is 23.7 Å². The highest BCUT2D eigenvalue weighted by Gasteiger charge is 2.35. The van der Waals surface area contributed by atoms with Gasteiger partial charge in [-0.2, -0.15) is 13.2 Å². The minimum absolute atomic E-state index is 0.260. The molecule has 2 N–H and O–H groups in total. The average molecular weight is 435 g/mol. The SMILES string of the molecule is COc1ccccc1NC(=O)C1=C(C)N(C)C(=S)N[C@H]1c1cccc(C(F)(F)F)c1. The maximum absolute atomic E-state index is 13.2. The molecule has 1 amide bonds. The number of anilines is 1. The number of methoxy groups -OCH3 is 1. The molecular weight excluding hydrogens is 415 g/mol. The standard InChI is InChI=1S/C21H20F3N3O2S/c1-12-17(19(28)25-15-9-4-5-10-16(15)29-3)18(26-20(30)27(12)2)13-7-6-8-14(11-13)21(22,23)24/h4-11,18H,1-3H3,(H,25,28)(H,26,30)/t18-/m0/s1. The molecule has 2 aromatic rings. The van der Waals surface area contributed by atoms with E-state index in [1.807, 2.05) is 0 Å². The highest BCUT2D eigenvalue weighted by molar-refractivity contribution is 7.80. The zero-order chi connectivity index (χ0) is 22.1. The molecule has 0 unspecified atom stereocenters. The van der Waals surface area contributed by atoms with E-state index in [1.54, 1.807) is 43.1 Å². The van der Waals surface area contributed by atoms with Crippen LogP contribution in [0.5, 0.6) is 5.75 Å². The Kier molecular flexibility index (Phi) is 6.02. The molecule has 1 aliphatic rings. The summed E-state index contributed by atoms with van der Waals surface area (Å²) in [5, 5.41) is 6.07. The van der Waals surface area contributed by atoms with E-state index in [2.05, 4.69) is 10.6 Å².